The number of anilines is 1. The molecule has 0 saturated carbocycles. The molecular weight excluding hydrogens is 322 g/mol. The van der Waals surface area contributed by atoms with Crippen LogP contribution >= 0.6 is 12.2 Å². The van der Waals surface area contributed by atoms with Crippen LogP contribution in [0.15, 0.2) is 47.6 Å². The fraction of sp³-hybridized carbons (Fsp3) is 0.167. The zero-order valence-corrected chi connectivity index (χ0v) is 14.6. The van der Waals surface area contributed by atoms with Gasteiger partial charge in [0.1, 0.15) is 0 Å². The van der Waals surface area contributed by atoms with E-state index in [1.165, 1.54) is 7.11 Å². The molecule has 5 nitrogen and oxygen atoms in total. The van der Waals surface area contributed by atoms with Gasteiger partial charge < -0.3 is 10.1 Å². The molecule has 0 atom stereocenters. The van der Waals surface area contributed by atoms with Crippen LogP contribution in [-0.4, -0.2) is 24.4 Å². The van der Waals surface area contributed by atoms with Gasteiger partial charge in [0.05, 0.1) is 18.9 Å². The van der Waals surface area contributed by atoms with Gasteiger partial charge in [0.2, 0.25) is 0 Å². The van der Waals surface area contributed by atoms with Gasteiger partial charge in [-0.25, -0.2) is 4.79 Å². The lowest BCUT2D eigenvalue weighted by molar-refractivity contribution is 0.0600. The summed E-state index contributed by atoms with van der Waals surface area (Å²) in [5.41, 5.74) is 7.32. The molecule has 0 saturated heterocycles. The summed E-state index contributed by atoms with van der Waals surface area (Å²) >= 11 is 5.24. The van der Waals surface area contributed by atoms with Crippen molar-refractivity contribution in [3.63, 3.8) is 0 Å². The molecule has 6 heteroatoms. The van der Waals surface area contributed by atoms with Crippen LogP contribution in [0, 0.1) is 13.8 Å². The number of carbonyl (C=O) groups excluding carboxylic acids is 1. The Morgan fingerprint density at radius 3 is 2.33 bits per heavy atom. The van der Waals surface area contributed by atoms with Gasteiger partial charge in [-0.05, 0) is 54.9 Å². The minimum atomic E-state index is -0.365. The van der Waals surface area contributed by atoms with Crippen molar-refractivity contribution in [3.8, 4) is 0 Å². The lowest BCUT2D eigenvalue weighted by atomic mass is 10.1. The van der Waals surface area contributed by atoms with Gasteiger partial charge in [-0.1, -0.05) is 30.3 Å². The summed E-state index contributed by atoms with van der Waals surface area (Å²) in [4.78, 5) is 11.4. The zero-order chi connectivity index (χ0) is 17.5. The number of nitrogens with one attached hydrogen (secondary N) is 2. The number of methoxy groups -OCH3 is 1. The monoisotopic (exact) mass is 341 g/mol. The number of rotatable bonds is 4. The van der Waals surface area contributed by atoms with E-state index in [9.17, 15) is 4.79 Å². The maximum Gasteiger partial charge on any atom is 0.337 e. The Morgan fingerprint density at radius 2 is 1.75 bits per heavy atom. The number of hydrogen-bond acceptors (Lipinski definition) is 4. The summed E-state index contributed by atoms with van der Waals surface area (Å²) in [6, 6.07) is 13.0. The SMILES string of the molecule is COC(=O)c1ccc(C=NNC(=S)Nc2c(C)cccc2C)cc1. The third kappa shape index (κ3) is 4.63. The Bertz CT molecular complexity index is 750. The first-order valence-corrected chi connectivity index (χ1v) is 7.76. The lowest BCUT2D eigenvalue weighted by Crippen LogP contribution is -2.24. The second-order valence-electron chi connectivity index (χ2n) is 5.20. The number of ether oxygens (including phenoxy) is 1. The maximum atomic E-state index is 11.4. The summed E-state index contributed by atoms with van der Waals surface area (Å²) in [7, 11) is 1.35. The summed E-state index contributed by atoms with van der Waals surface area (Å²) in [6.07, 6.45) is 1.62. The van der Waals surface area contributed by atoms with E-state index in [1.807, 2.05) is 32.0 Å². The van der Waals surface area contributed by atoms with Gasteiger partial charge in [-0.3, -0.25) is 5.43 Å². The number of para-hydroxylation sites is 1. The zero-order valence-electron chi connectivity index (χ0n) is 13.8. The van der Waals surface area contributed by atoms with E-state index in [-0.39, 0.29) is 5.97 Å². The van der Waals surface area contributed by atoms with Crippen molar-refractivity contribution >= 4 is 35.2 Å². The number of hydrazone groups is 1. The fourth-order valence-electron chi connectivity index (χ4n) is 2.14. The predicted molar refractivity (Wildman–Crippen MR) is 101 cm³/mol. The highest BCUT2D eigenvalue weighted by atomic mass is 32.1. The summed E-state index contributed by atoms with van der Waals surface area (Å²) in [6.45, 7) is 4.04. The third-order valence-corrected chi connectivity index (χ3v) is 3.62. The first kappa shape index (κ1) is 17.6. The fourth-order valence-corrected chi connectivity index (χ4v) is 2.30. The Morgan fingerprint density at radius 1 is 1.12 bits per heavy atom. The molecule has 2 rings (SSSR count). The van der Waals surface area contributed by atoms with Crippen molar-refractivity contribution in [1.82, 2.24) is 5.43 Å². The van der Waals surface area contributed by atoms with Crippen molar-refractivity contribution in [2.45, 2.75) is 13.8 Å². The molecular formula is C18H19N3O2S. The summed E-state index contributed by atoms with van der Waals surface area (Å²) < 4.78 is 4.65. The van der Waals surface area contributed by atoms with Gasteiger partial charge in [-0.2, -0.15) is 5.10 Å². The van der Waals surface area contributed by atoms with Crippen molar-refractivity contribution in [1.29, 1.82) is 0 Å². The molecule has 0 aliphatic carbocycles. The predicted octanol–water partition coefficient (Wildman–Crippen LogP) is 3.41. The Labute approximate surface area is 146 Å². The molecule has 0 aliphatic heterocycles. The number of benzene rings is 2. The average Bonchev–Trinajstić information content (AvgIpc) is 2.58. The quantitative estimate of drug-likeness (QED) is 0.386. The molecule has 0 radical (unpaired) electrons. The van der Waals surface area contributed by atoms with E-state index >= 15 is 0 Å². The molecule has 2 aromatic carbocycles. The second-order valence-corrected chi connectivity index (χ2v) is 5.61. The van der Waals surface area contributed by atoms with Crippen LogP contribution in [0.1, 0.15) is 27.0 Å². The van der Waals surface area contributed by atoms with E-state index in [0.717, 1.165) is 22.4 Å². The van der Waals surface area contributed by atoms with Crippen molar-refractivity contribution in [2.24, 2.45) is 5.10 Å². The molecule has 2 aromatic rings. The summed E-state index contributed by atoms with van der Waals surface area (Å²) in [5, 5.41) is 7.65. The van der Waals surface area contributed by atoms with E-state index in [4.69, 9.17) is 12.2 Å². The highest BCUT2D eigenvalue weighted by Gasteiger charge is 2.04. The molecule has 0 fully saturated rings. The summed E-state index contributed by atoms with van der Waals surface area (Å²) in [5.74, 6) is -0.365. The minimum absolute atomic E-state index is 0.365. The van der Waals surface area contributed by atoms with Crippen LogP contribution in [0.2, 0.25) is 0 Å². The molecule has 0 heterocycles. The van der Waals surface area contributed by atoms with Crippen LogP contribution in [0.25, 0.3) is 0 Å². The van der Waals surface area contributed by atoms with Crippen molar-refractivity contribution < 1.29 is 9.53 Å². The molecule has 24 heavy (non-hydrogen) atoms. The second kappa shape index (κ2) is 8.21. The maximum absolute atomic E-state index is 11.4. The molecule has 0 unspecified atom stereocenters. The van der Waals surface area contributed by atoms with Crippen LogP contribution in [0.4, 0.5) is 5.69 Å². The number of nitrogens with zero attached hydrogens (tertiary/aromatic N) is 1. The van der Waals surface area contributed by atoms with Gasteiger partial charge in [0, 0.05) is 5.69 Å². The third-order valence-electron chi connectivity index (χ3n) is 3.43. The molecule has 0 amide bonds. The number of esters is 1. The highest BCUT2D eigenvalue weighted by Crippen LogP contribution is 2.19. The van der Waals surface area contributed by atoms with Crippen molar-refractivity contribution in [3.05, 3.63) is 64.7 Å². The van der Waals surface area contributed by atoms with Crippen LogP contribution in [-0.2, 0) is 4.74 Å². The number of carbonyl (C=O) groups is 1. The van der Waals surface area contributed by atoms with E-state index in [1.54, 1.807) is 30.5 Å². The number of hydrogen-bond donors (Lipinski definition) is 2. The molecule has 124 valence electrons. The lowest BCUT2D eigenvalue weighted by Gasteiger charge is -2.12. The molecule has 0 bridgehead atoms. The normalized spacial score (nSPS) is 10.5. The Hall–Kier alpha value is -2.73. The average molecular weight is 341 g/mol. The largest absolute Gasteiger partial charge is 0.465 e. The van der Waals surface area contributed by atoms with Gasteiger partial charge in [0.15, 0.2) is 5.11 Å². The van der Waals surface area contributed by atoms with Crippen LogP contribution in [0.3, 0.4) is 0 Å². The van der Waals surface area contributed by atoms with Gasteiger partial charge in [-0.15, -0.1) is 0 Å². The standard InChI is InChI=1S/C18H19N3O2S/c1-12-5-4-6-13(2)16(12)20-18(24)21-19-11-14-7-9-15(10-8-14)17(22)23-3/h4-11H,1-3H3,(H2,20,21,24). The first-order chi connectivity index (χ1) is 11.5. The van der Waals surface area contributed by atoms with Crippen LogP contribution in [0.5, 0.6) is 0 Å². The Kier molecular flexibility index (Phi) is 6.03. The van der Waals surface area contributed by atoms with Gasteiger partial charge >= 0.3 is 5.97 Å². The number of aryl methyl sites for hydroxylation is 2. The topological polar surface area (TPSA) is 62.7 Å². The number of thiocarbonyl (C=S) groups is 1. The first-order valence-electron chi connectivity index (χ1n) is 7.36. The molecule has 0 spiro atoms. The minimum Gasteiger partial charge on any atom is -0.465 e. The van der Waals surface area contributed by atoms with E-state index < -0.39 is 0 Å². The Balaban J connectivity index is 1.94. The molecule has 0 aliphatic rings. The van der Waals surface area contributed by atoms with Crippen molar-refractivity contribution in [2.75, 3.05) is 12.4 Å². The molecule has 2 N–H and O–H groups in total. The van der Waals surface area contributed by atoms with E-state index in [0.29, 0.717) is 10.7 Å². The van der Waals surface area contributed by atoms with E-state index in [2.05, 4.69) is 20.6 Å². The van der Waals surface area contributed by atoms with Gasteiger partial charge in [0.25, 0.3) is 0 Å². The molecule has 0 aromatic heterocycles. The smallest absolute Gasteiger partial charge is 0.337 e. The highest BCUT2D eigenvalue weighted by molar-refractivity contribution is 7.80. The van der Waals surface area contributed by atoms with Crippen LogP contribution < -0.4 is 10.7 Å².